The first-order valence-electron chi connectivity index (χ1n) is 7.06. The molecule has 0 radical (unpaired) electrons. The summed E-state index contributed by atoms with van der Waals surface area (Å²) in [7, 11) is 0. The lowest BCUT2D eigenvalue weighted by Gasteiger charge is -2.20. The molecule has 0 saturated carbocycles. The van der Waals surface area contributed by atoms with Crippen molar-refractivity contribution in [1.82, 2.24) is 5.32 Å². The topological polar surface area (TPSA) is 55.1 Å². The third kappa shape index (κ3) is 5.03. The standard InChI is InChI=1S/C16H26N2O/c1-5-11(2)10-13(4)18-16(19)15(17)14-8-6-12(3)7-9-14/h6-9,11,13,15H,5,10,17H2,1-4H3,(H,18,19). The van der Waals surface area contributed by atoms with Gasteiger partial charge < -0.3 is 11.1 Å². The molecule has 0 bridgehead atoms. The summed E-state index contributed by atoms with van der Waals surface area (Å²) in [5, 5.41) is 2.99. The zero-order chi connectivity index (χ0) is 14.4. The normalized spacial score (nSPS) is 15.6. The van der Waals surface area contributed by atoms with Crippen molar-refractivity contribution in [3.05, 3.63) is 35.4 Å². The third-order valence-electron chi connectivity index (χ3n) is 3.56. The molecule has 106 valence electrons. The van der Waals surface area contributed by atoms with Gasteiger partial charge in [0.25, 0.3) is 0 Å². The van der Waals surface area contributed by atoms with Crippen LogP contribution in [0.5, 0.6) is 0 Å². The van der Waals surface area contributed by atoms with E-state index in [1.165, 1.54) is 5.56 Å². The van der Waals surface area contributed by atoms with E-state index in [1.807, 2.05) is 38.1 Å². The fraction of sp³-hybridized carbons (Fsp3) is 0.562. The molecule has 3 atom stereocenters. The van der Waals surface area contributed by atoms with E-state index in [2.05, 4.69) is 19.2 Å². The summed E-state index contributed by atoms with van der Waals surface area (Å²) in [4.78, 5) is 12.1. The molecular weight excluding hydrogens is 236 g/mol. The molecule has 3 heteroatoms. The quantitative estimate of drug-likeness (QED) is 0.828. The SMILES string of the molecule is CCC(C)CC(C)NC(=O)C(N)c1ccc(C)cc1. The molecule has 1 aromatic rings. The number of hydrogen-bond donors (Lipinski definition) is 2. The summed E-state index contributed by atoms with van der Waals surface area (Å²) in [5.74, 6) is 0.519. The first kappa shape index (κ1) is 15.7. The van der Waals surface area contributed by atoms with E-state index in [9.17, 15) is 4.79 Å². The summed E-state index contributed by atoms with van der Waals surface area (Å²) >= 11 is 0. The predicted octanol–water partition coefficient (Wildman–Crippen LogP) is 2.94. The number of rotatable bonds is 6. The van der Waals surface area contributed by atoms with Crippen molar-refractivity contribution in [1.29, 1.82) is 0 Å². The molecule has 0 spiro atoms. The van der Waals surface area contributed by atoms with Crippen LogP contribution in [0, 0.1) is 12.8 Å². The highest BCUT2D eigenvalue weighted by atomic mass is 16.2. The number of hydrogen-bond acceptors (Lipinski definition) is 2. The van der Waals surface area contributed by atoms with Crippen LogP contribution >= 0.6 is 0 Å². The van der Waals surface area contributed by atoms with E-state index in [1.54, 1.807) is 0 Å². The van der Waals surface area contributed by atoms with Crippen LogP contribution in [-0.4, -0.2) is 11.9 Å². The monoisotopic (exact) mass is 262 g/mol. The number of amides is 1. The molecule has 0 saturated heterocycles. The summed E-state index contributed by atoms with van der Waals surface area (Å²) in [6, 6.07) is 7.37. The minimum atomic E-state index is -0.583. The summed E-state index contributed by atoms with van der Waals surface area (Å²) in [6.07, 6.45) is 2.12. The average Bonchev–Trinajstić information content (AvgIpc) is 2.38. The van der Waals surface area contributed by atoms with Gasteiger partial charge in [-0.05, 0) is 31.7 Å². The van der Waals surface area contributed by atoms with Crippen LogP contribution in [0.4, 0.5) is 0 Å². The maximum absolute atomic E-state index is 12.1. The van der Waals surface area contributed by atoms with Gasteiger partial charge in [0.1, 0.15) is 6.04 Å². The average molecular weight is 262 g/mol. The van der Waals surface area contributed by atoms with Crippen molar-refractivity contribution in [2.24, 2.45) is 11.7 Å². The highest BCUT2D eigenvalue weighted by Crippen LogP contribution is 2.13. The Morgan fingerprint density at radius 1 is 1.26 bits per heavy atom. The van der Waals surface area contributed by atoms with Crippen molar-refractivity contribution < 1.29 is 4.79 Å². The Bertz CT molecular complexity index is 400. The number of aryl methyl sites for hydroxylation is 1. The largest absolute Gasteiger partial charge is 0.352 e. The van der Waals surface area contributed by atoms with E-state index in [0.717, 1.165) is 18.4 Å². The molecular formula is C16H26N2O. The smallest absolute Gasteiger partial charge is 0.241 e. The molecule has 3 N–H and O–H groups in total. The minimum absolute atomic E-state index is 0.0975. The van der Waals surface area contributed by atoms with Gasteiger partial charge in [-0.3, -0.25) is 4.79 Å². The molecule has 19 heavy (non-hydrogen) atoms. The fourth-order valence-corrected chi connectivity index (χ4v) is 2.09. The van der Waals surface area contributed by atoms with Gasteiger partial charge >= 0.3 is 0 Å². The molecule has 3 nitrogen and oxygen atoms in total. The van der Waals surface area contributed by atoms with Crippen molar-refractivity contribution in [2.75, 3.05) is 0 Å². The second kappa shape index (κ2) is 7.29. The Labute approximate surface area is 116 Å². The van der Waals surface area contributed by atoms with Crippen LogP contribution in [0.25, 0.3) is 0 Å². The Morgan fingerprint density at radius 3 is 2.37 bits per heavy atom. The molecule has 0 aliphatic carbocycles. The number of nitrogens with two attached hydrogens (primary N) is 1. The van der Waals surface area contributed by atoms with Crippen LogP contribution in [0.2, 0.25) is 0 Å². The van der Waals surface area contributed by atoms with Gasteiger partial charge in [-0.2, -0.15) is 0 Å². The van der Waals surface area contributed by atoms with Crippen LogP contribution in [-0.2, 0) is 4.79 Å². The zero-order valence-corrected chi connectivity index (χ0v) is 12.4. The molecule has 3 unspecified atom stereocenters. The van der Waals surface area contributed by atoms with Crippen LogP contribution < -0.4 is 11.1 Å². The summed E-state index contributed by atoms with van der Waals surface area (Å²) in [6.45, 7) is 8.41. The van der Waals surface area contributed by atoms with Crippen molar-refractivity contribution >= 4 is 5.91 Å². The number of carbonyl (C=O) groups excluding carboxylic acids is 1. The Kier molecular flexibility index (Phi) is 6.03. The maximum atomic E-state index is 12.1. The molecule has 0 aromatic heterocycles. The maximum Gasteiger partial charge on any atom is 0.241 e. The second-order valence-corrected chi connectivity index (χ2v) is 5.55. The Morgan fingerprint density at radius 2 is 1.84 bits per heavy atom. The lowest BCUT2D eigenvalue weighted by molar-refractivity contribution is -0.123. The first-order chi connectivity index (χ1) is 8.93. The van der Waals surface area contributed by atoms with Crippen LogP contribution in [0.15, 0.2) is 24.3 Å². The van der Waals surface area contributed by atoms with E-state index < -0.39 is 6.04 Å². The number of benzene rings is 1. The summed E-state index contributed by atoms with van der Waals surface area (Å²) in [5.41, 5.74) is 8.02. The van der Waals surface area contributed by atoms with Crippen molar-refractivity contribution in [2.45, 2.75) is 52.6 Å². The van der Waals surface area contributed by atoms with E-state index in [-0.39, 0.29) is 11.9 Å². The van der Waals surface area contributed by atoms with Crippen molar-refractivity contribution in [3.8, 4) is 0 Å². The molecule has 1 aromatic carbocycles. The predicted molar refractivity (Wildman–Crippen MR) is 79.8 cm³/mol. The zero-order valence-electron chi connectivity index (χ0n) is 12.4. The molecule has 0 heterocycles. The molecule has 0 aliphatic rings. The van der Waals surface area contributed by atoms with Gasteiger partial charge in [-0.25, -0.2) is 0 Å². The van der Waals surface area contributed by atoms with Crippen LogP contribution in [0.1, 0.15) is 50.8 Å². The number of carbonyl (C=O) groups is 1. The molecule has 1 amide bonds. The second-order valence-electron chi connectivity index (χ2n) is 5.55. The lowest BCUT2D eigenvalue weighted by Crippen LogP contribution is -2.40. The minimum Gasteiger partial charge on any atom is -0.352 e. The third-order valence-corrected chi connectivity index (χ3v) is 3.56. The van der Waals surface area contributed by atoms with Gasteiger partial charge in [0.05, 0.1) is 0 Å². The fourth-order valence-electron chi connectivity index (χ4n) is 2.09. The Balaban J connectivity index is 2.55. The van der Waals surface area contributed by atoms with E-state index in [4.69, 9.17) is 5.73 Å². The lowest BCUT2D eigenvalue weighted by atomic mass is 9.99. The molecule has 0 aliphatic heterocycles. The van der Waals surface area contributed by atoms with Gasteiger partial charge in [-0.1, -0.05) is 50.1 Å². The van der Waals surface area contributed by atoms with Gasteiger partial charge in [0.2, 0.25) is 5.91 Å². The van der Waals surface area contributed by atoms with Crippen molar-refractivity contribution in [3.63, 3.8) is 0 Å². The summed E-state index contributed by atoms with van der Waals surface area (Å²) < 4.78 is 0. The van der Waals surface area contributed by atoms with Gasteiger partial charge in [0, 0.05) is 6.04 Å². The molecule has 1 rings (SSSR count). The first-order valence-corrected chi connectivity index (χ1v) is 7.06. The Hall–Kier alpha value is -1.35. The van der Waals surface area contributed by atoms with E-state index >= 15 is 0 Å². The highest BCUT2D eigenvalue weighted by molar-refractivity contribution is 5.83. The van der Waals surface area contributed by atoms with E-state index in [0.29, 0.717) is 5.92 Å². The number of nitrogens with one attached hydrogen (secondary N) is 1. The molecule has 0 fully saturated rings. The van der Waals surface area contributed by atoms with Crippen LogP contribution in [0.3, 0.4) is 0 Å². The van der Waals surface area contributed by atoms with Gasteiger partial charge in [-0.15, -0.1) is 0 Å². The van der Waals surface area contributed by atoms with Gasteiger partial charge in [0.15, 0.2) is 0 Å². The highest BCUT2D eigenvalue weighted by Gasteiger charge is 2.18.